The van der Waals surface area contributed by atoms with Crippen LogP contribution in [-0.2, 0) is 28.7 Å². The van der Waals surface area contributed by atoms with Gasteiger partial charge in [0.05, 0.1) is 17.7 Å². The molecular formula is C18H17N3O4S2. The molecule has 3 aromatic rings. The van der Waals surface area contributed by atoms with E-state index >= 15 is 0 Å². The van der Waals surface area contributed by atoms with E-state index in [0.717, 1.165) is 16.1 Å². The molecule has 3 heterocycles. The Morgan fingerprint density at radius 2 is 2.04 bits per heavy atom. The average molecular weight is 403 g/mol. The van der Waals surface area contributed by atoms with Gasteiger partial charge in [-0.3, -0.25) is 10.1 Å². The molecule has 1 aromatic carbocycles. The maximum atomic E-state index is 12.7. The van der Waals surface area contributed by atoms with Crippen molar-refractivity contribution >= 4 is 32.4 Å². The van der Waals surface area contributed by atoms with E-state index in [2.05, 4.69) is 10.3 Å². The van der Waals surface area contributed by atoms with E-state index in [1.54, 1.807) is 12.1 Å². The molecule has 2 aromatic heterocycles. The van der Waals surface area contributed by atoms with E-state index in [1.807, 2.05) is 30.3 Å². The SMILES string of the molecule is O=C(Nc1nc2c(s1)CN(S(=O)(=O)Cc1ccccc1)CC2)c1ccco1. The summed E-state index contributed by atoms with van der Waals surface area (Å²) in [4.78, 5) is 17.3. The molecule has 0 aliphatic carbocycles. The third-order valence-electron chi connectivity index (χ3n) is 4.25. The Morgan fingerprint density at radius 1 is 1.22 bits per heavy atom. The Balaban J connectivity index is 1.47. The highest BCUT2D eigenvalue weighted by atomic mass is 32.2. The maximum Gasteiger partial charge on any atom is 0.293 e. The largest absolute Gasteiger partial charge is 0.459 e. The zero-order chi connectivity index (χ0) is 18.9. The Labute approximate surface area is 160 Å². The number of nitrogens with one attached hydrogen (secondary N) is 1. The van der Waals surface area contributed by atoms with Crippen molar-refractivity contribution in [3.05, 3.63) is 70.6 Å². The number of sulfonamides is 1. The van der Waals surface area contributed by atoms with Crippen LogP contribution >= 0.6 is 11.3 Å². The molecule has 1 N–H and O–H groups in total. The Morgan fingerprint density at radius 3 is 2.78 bits per heavy atom. The van der Waals surface area contributed by atoms with E-state index in [9.17, 15) is 13.2 Å². The van der Waals surface area contributed by atoms with Crippen LogP contribution in [0.3, 0.4) is 0 Å². The maximum absolute atomic E-state index is 12.7. The minimum Gasteiger partial charge on any atom is -0.459 e. The highest BCUT2D eigenvalue weighted by Crippen LogP contribution is 2.30. The summed E-state index contributed by atoms with van der Waals surface area (Å²) in [5.74, 6) is -0.195. The number of hydrogen-bond acceptors (Lipinski definition) is 6. The number of hydrogen-bond donors (Lipinski definition) is 1. The molecule has 7 nitrogen and oxygen atoms in total. The number of anilines is 1. The predicted octanol–water partition coefficient (Wildman–Crippen LogP) is 2.88. The van der Waals surface area contributed by atoms with Gasteiger partial charge >= 0.3 is 0 Å². The number of thiazole rings is 1. The topological polar surface area (TPSA) is 92.5 Å². The Bertz CT molecular complexity index is 1040. The standard InChI is InChI=1S/C18H17N3O4S2/c22-17(15-7-4-10-25-15)20-18-19-14-8-9-21(11-16(14)26-18)27(23,24)12-13-5-2-1-3-6-13/h1-7,10H,8-9,11-12H2,(H,19,20,22). The molecule has 4 rings (SSSR count). The van der Waals surface area contributed by atoms with E-state index in [0.29, 0.717) is 18.1 Å². The van der Waals surface area contributed by atoms with Gasteiger partial charge in [0.1, 0.15) is 0 Å². The van der Waals surface area contributed by atoms with E-state index in [-0.39, 0.29) is 24.0 Å². The second-order valence-electron chi connectivity index (χ2n) is 6.15. The summed E-state index contributed by atoms with van der Waals surface area (Å²) in [7, 11) is -3.42. The van der Waals surface area contributed by atoms with Crippen LogP contribution in [0.15, 0.2) is 53.1 Å². The fourth-order valence-corrected chi connectivity index (χ4v) is 5.50. The second-order valence-corrected chi connectivity index (χ2v) is 9.20. The fourth-order valence-electron chi connectivity index (χ4n) is 2.91. The van der Waals surface area contributed by atoms with Crippen molar-refractivity contribution in [2.45, 2.75) is 18.7 Å². The molecule has 0 bridgehead atoms. The summed E-state index contributed by atoms with van der Waals surface area (Å²) in [6, 6.07) is 12.3. The minimum atomic E-state index is -3.42. The normalized spacial score (nSPS) is 14.7. The van der Waals surface area contributed by atoms with Crippen LogP contribution in [0.25, 0.3) is 0 Å². The van der Waals surface area contributed by atoms with Crippen LogP contribution in [0.4, 0.5) is 5.13 Å². The van der Waals surface area contributed by atoms with Crippen LogP contribution in [0, 0.1) is 0 Å². The molecule has 0 radical (unpaired) electrons. The van der Waals surface area contributed by atoms with Crippen LogP contribution in [0.1, 0.15) is 26.7 Å². The number of rotatable bonds is 5. The van der Waals surface area contributed by atoms with Crippen LogP contribution < -0.4 is 5.32 Å². The summed E-state index contributed by atoms with van der Waals surface area (Å²) in [6.45, 7) is 0.663. The molecule has 0 fully saturated rings. The van der Waals surface area contributed by atoms with Gasteiger partial charge in [0.15, 0.2) is 10.9 Å². The first-order chi connectivity index (χ1) is 13.0. The van der Waals surface area contributed by atoms with Gasteiger partial charge in [0.25, 0.3) is 5.91 Å². The van der Waals surface area contributed by atoms with Gasteiger partial charge in [-0.1, -0.05) is 30.3 Å². The quantitative estimate of drug-likeness (QED) is 0.707. The molecular weight excluding hydrogens is 386 g/mol. The summed E-state index contributed by atoms with van der Waals surface area (Å²) >= 11 is 1.30. The van der Waals surface area contributed by atoms with Gasteiger partial charge in [0.2, 0.25) is 10.0 Å². The van der Waals surface area contributed by atoms with Crippen molar-refractivity contribution < 1.29 is 17.6 Å². The molecule has 1 aliphatic heterocycles. The van der Waals surface area contributed by atoms with Gasteiger partial charge in [-0.15, -0.1) is 11.3 Å². The third kappa shape index (κ3) is 3.95. The lowest BCUT2D eigenvalue weighted by Gasteiger charge is -2.25. The number of benzene rings is 1. The predicted molar refractivity (Wildman–Crippen MR) is 102 cm³/mol. The molecule has 9 heteroatoms. The number of amides is 1. The zero-order valence-electron chi connectivity index (χ0n) is 14.3. The number of furan rings is 1. The third-order valence-corrected chi connectivity index (χ3v) is 7.04. The number of carbonyl (C=O) groups is 1. The molecule has 0 spiro atoms. The molecule has 0 saturated heterocycles. The summed E-state index contributed by atoms with van der Waals surface area (Å²) in [5.41, 5.74) is 1.60. The Kier molecular flexibility index (Phi) is 4.81. The van der Waals surface area contributed by atoms with Crippen molar-refractivity contribution in [2.75, 3.05) is 11.9 Å². The second kappa shape index (κ2) is 7.26. The van der Waals surface area contributed by atoms with Crippen molar-refractivity contribution in [1.82, 2.24) is 9.29 Å². The molecule has 140 valence electrons. The first-order valence-corrected chi connectivity index (χ1v) is 10.8. The monoisotopic (exact) mass is 403 g/mol. The van der Waals surface area contributed by atoms with Crippen LogP contribution in [0.5, 0.6) is 0 Å². The van der Waals surface area contributed by atoms with E-state index in [1.165, 1.54) is 21.9 Å². The number of nitrogens with zero attached hydrogens (tertiary/aromatic N) is 2. The number of fused-ring (bicyclic) bond motifs is 1. The van der Waals surface area contributed by atoms with Gasteiger partial charge < -0.3 is 4.42 Å². The lowest BCUT2D eigenvalue weighted by molar-refractivity contribution is 0.0996. The summed E-state index contributed by atoms with van der Waals surface area (Å²) in [5, 5.41) is 3.15. The molecule has 27 heavy (non-hydrogen) atoms. The number of carbonyl (C=O) groups excluding carboxylic acids is 1. The zero-order valence-corrected chi connectivity index (χ0v) is 15.9. The first kappa shape index (κ1) is 17.9. The molecule has 1 aliphatic rings. The molecule has 0 saturated carbocycles. The lowest BCUT2D eigenvalue weighted by Crippen LogP contribution is -2.36. The minimum absolute atomic E-state index is 0.0237. The Hall–Kier alpha value is -2.49. The van der Waals surface area contributed by atoms with E-state index < -0.39 is 10.0 Å². The highest BCUT2D eigenvalue weighted by Gasteiger charge is 2.29. The average Bonchev–Trinajstić information content (AvgIpc) is 3.31. The first-order valence-electron chi connectivity index (χ1n) is 8.36. The molecule has 0 unspecified atom stereocenters. The van der Waals surface area contributed by atoms with Crippen molar-refractivity contribution in [3.63, 3.8) is 0 Å². The van der Waals surface area contributed by atoms with E-state index in [4.69, 9.17) is 4.42 Å². The van der Waals surface area contributed by atoms with Crippen LogP contribution in [-0.4, -0.2) is 30.2 Å². The van der Waals surface area contributed by atoms with Gasteiger partial charge in [-0.25, -0.2) is 13.4 Å². The molecule has 1 amide bonds. The van der Waals surface area contributed by atoms with Crippen LogP contribution in [0.2, 0.25) is 0 Å². The smallest absolute Gasteiger partial charge is 0.293 e. The van der Waals surface area contributed by atoms with Crippen molar-refractivity contribution in [1.29, 1.82) is 0 Å². The highest BCUT2D eigenvalue weighted by molar-refractivity contribution is 7.88. The van der Waals surface area contributed by atoms with Crippen molar-refractivity contribution in [3.8, 4) is 0 Å². The lowest BCUT2D eigenvalue weighted by atomic mass is 10.2. The van der Waals surface area contributed by atoms with Gasteiger partial charge in [-0.05, 0) is 17.7 Å². The van der Waals surface area contributed by atoms with Gasteiger partial charge in [-0.2, -0.15) is 4.31 Å². The van der Waals surface area contributed by atoms with Crippen molar-refractivity contribution in [2.24, 2.45) is 0 Å². The summed E-state index contributed by atoms with van der Waals surface area (Å²) in [6.07, 6.45) is 1.95. The van der Waals surface area contributed by atoms with Gasteiger partial charge in [0, 0.05) is 24.4 Å². The molecule has 0 atom stereocenters. The number of aromatic nitrogens is 1. The fraction of sp³-hybridized carbons (Fsp3) is 0.222. The summed E-state index contributed by atoms with van der Waals surface area (Å²) < 4.78 is 32.0.